The van der Waals surface area contributed by atoms with E-state index in [0.29, 0.717) is 160 Å². The molecule has 0 unspecified atom stereocenters. The summed E-state index contributed by atoms with van der Waals surface area (Å²) in [6.07, 6.45) is 40.2. The van der Waals surface area contributed by atoms with E-state index >= 15 is 0 Å². The molecular formula is C124H136O16. The number of rotatable bonds is 40. The molecule has 728 valence electrons. The number of hydrogen-bond donors (Lipinski definition) is 0. The Morgan fingerprint density at radius 2 is 0.293 bits per heavy atom. The summed E-state index contributed by atoms with van der Waals surface area (Å²) in [6, 6.07) is 73.0. The van der Waals surface area contributed by atoms with Gasteiger partial charge in [-0.25, -0.2) is 0 Å². The highest BCUT2D eigenvalue weighted by Gasteiger charge is 2.43. The van der Waals surface area contributed by atoms with Gasteiger partial charge in [-0.3, -0.25) is 0 Å². The largest absolute Gasteiger partial charge is 0.457 e. The Hall–Kier alpha value is -12.6. The van der Waals surface area contributed by atoms with Gasteiger partial charge in [0.25, 0.3) is 25.2 Å². The Morgan fingerprint density at radius 1 is 0.150 bits per heavy atom. The summed E-state index contributed by atoms with van der Waals surface area (Å²) >= 11 is 0. The summed E-state index contributed by atoms with van der Waals surface area (Å²) in [5.74, 6) is 10.9. The van der Waals surface area contributed by atoms with E-state index in [1.807, 2.05) is 170 Å². The second-order valence-electron chi connectivity index (χ2n) is 40.3. The molecule has 9 aliphatic rings. The monoisotopic (exact) mass is 1880 g/mol. The maximum absolute atomic E-state index is 8.12. The van der Waals surface area contributed by atoms with E-state index in [1.165, 1.54) is 154 Å². The van der Waals surface area contributed by atoms with E-state index in [-0.39, 0.29) is 23.7 Å². The summed E-state index contributed by atoms with van der Waals surface area (Å²) in [6.45, 7) is 9.21. The molecule has 8 aliphatic heterocycles. The molecule has 16 heteroatoms. The van der Waals surface area contributed by atoms with Crippen LogP contribution >= 0.6 is 0 Å². The van der Waals surface area contributed by atoms with Crippen LogP contribution in [0.4, 0.5) is 0 Å². The van der Waals surface area contributed by atoms with Gasteiger partial charge in [-0.2, -0.15) is 0 Å². The molecule has 40 bridgehead atoms. The zero-order valence-electron chi connectivity index (χ0n) is 82.2. The van der Waals surface area contributed by atoms with Gasteiger partial charge in [-0.05, 0) is 147 Å². The van der Waals surface area contributed by atoms with E-state index < -0.39 is 25.2 Å². The van der Waals surface area contributed by atoms with Crippen LogP contribution in [0.2, 0.25) is 0 Å². The van der Waals surface area contributed by atoms with Crippen LogP contribution in [0.5, 0.6) is 138 Å². The van der Waals surface area contributed by atoms with E-state index in [2.05, 4.69) is 76.2 Å². The standard InChI is InChI=1S/C124H136O16/c1-5-9-13-17-21-25-29-33-37-53-101-105-73-107-102(54-38-34-30-26-22-18-14-10-6-2)109-75-111-104(56-40-36-32-28-24-20-16-12-8-4)112-76-110-103(55-39-35-31-27-23-19-15-11-7-3)108-74-106(101)114-78-116(108)136-123-83-60-96-71-98(62-83)130-90-50-44-52-92(68-90)132-100-64-84-63-99(72-100)131-91-51-43-49-89(67-91)129-97-61-82-59-95(70-97)127-87-47-41-45-85(65-87)125-93-57-81(58-94(69-93)126-86-46-42-48-88(66-86)128-96)121(134-114)133-113(105)77-115(107)135-122(82)137-117(109)79-119(111)139-124(84)140-120(112)80-118(110)138-123/h41-52,57-80,101-104,121-124H,5-40,53-56H2,1-4H3. The zero-order valence-corrected chi connectivity index (χ0v) is 82.2. The highest BCUT2D eigenvalue weighted by molar-refractivity contribution is 5.67. The van der Waals surface area contributed by atoms with Crippen LogP contribution in [0.3, 0.4) is 0 Å². The molecule has 0 saturated carbocycles. The Labute approximate surface area is 827 Å². The predicted octanol–water partition coefficient (Wildman–Crippen LogP) is 37.7. The molecule has 0 N–H and O–H groups in total. The quantitative estimate of drug-likeness (QED) is 0.0335. The first-order valence-corrected chi connectivity index (χ1v) is 53.5. The molecule has 0 aromatic heterocycles. The van der Waals surface area contributed by atoms with Gasteiger partial charge in [-0.15, -0.1) is 0 Å². The molecule has 21 rings (SSSR count). The average molecular weight is 1880 g/mol. The van der Waals surface area contributed by atoms with Crippen LogP contribution < -0.4 is 75.8 Å². The first-order valence-electron chi connectivity index (χ1n) is 53.5. The van der Waals surface area contributed by atoms with Crippen molar-refractivity contribution >= 4 is 0 Å². The lowest BCUT2D eigenvalue weighted by atomic mass is 9.76. The van der Waals surface area contributed by atoms with Gasteiger partial charge in [0.2, 0.25) is 0 Å². The van der Waals surface area contributed by atoms with E-state index in [0.717, 1.165) is 147 Å². The summed E-state index contributed by atoms with van der Waals surface area (Å²) < 4.78 is 123. The van der Waals surface area contributed by atoms with Gasteiger partial charge in [0.15, 0.2) is 0 Å². The van der Waals surface area contributed by atoms with Gasteiger partial charge in [0, 0.05) is 163 Å². The molecule has 140 heavy (non-hydrogen) atoms. The Balaban J connectivity index is 0.890. The average Bonchev–Trinajstić information content (AvgIpc) is 0.725. The molecule has 0 radical (unpaired) electrons. The van der Waals surface area contributed by atoms with Crippen molar-refractivity contribution in [2.24, 2.45) is 0 Å². The normalized spacial score (nSPS) is 18.2. The number of benzene rings is 12. The fraction of sp³-hybridized carbons (Fsp3) is 0.419. The van der Waals surface area contributed by atoms with Crippen LogP contribution in [0.1, 0.15) is 400 Å². The molecular weight excluding hydrogens is 1750 g/mol. The van der Waals surface area contributed by atoms with Gasteiger partial charge >= 0.3 is 0 Å². The topological polar surface area (TPSA) is 148 Å². The molecule has 16 nitrogen and oxygen atoms in total. The third kappa shape index (κ3) is 22.3. The number of ether oxygens (including phenoxy) is 16. The first kappa shape index (κ1) is 93.7. The van der Waals surface area contributed by atoms with Crippen molar-refractivity contribution < 1.29 is 75.8 Å². The highest BCUT2D eigenvalue weighted by atomic mass is 16.7. The molecule has 0 spiro atoms. The Kier molecular flexibility index (Phi) is 29.8. The van der Waals surface area contributed by atoms with Crippen LogP contribution in [-0.4, -0.2) is 0 Å². The van der Waals surface area contributed by atoms with Crippen molar-refractivity contribution in [2.75, 3.05) is 0 Å². The van der Waals surface area contributed by atoms with Crippen LogP contribution in [-0.2, 0) is 0 Å². The molecule has 0 saturated heterocycles. The van der Waals surface area contributed by atoms with Crippen molar-refractivity contribution in [3.63, 3.8) is 0 Å². The number of hydrogen-bond acceptors (Lipinski definition) is 16. The lowest BCUT2D eigenvalue weighted by Gasteiger charge is -2.38. The van der Waals surface area contributed by atoms with Crippen molar-refractivity contribution in [3.8, 4) is 138 Å². The van der Waals surface area contributed by atoms with Crippen LogP contribution in [0.25, 0.3) is 0 Å². The second-order valence-corrected chi connectivity index (χ2v) is 40.3. The molecule has 8 heterocycles. The summed E-state index contributed by atoms with van der Waals surface area (Å²) in [4.78, 5) is 0. The number of fused-ring (bicyclic) bond motifs is 16. The molecule has 12 aromatic carbocycles. The van der Waals surface area contributed by atoms with Crippen molar-refractivity contribution in [3.05, 3.63) is 285 Å². The maximum Gasteiger partial charge on any atom is 0.267 e. The fourth-order valence-electron chi connectivity index (χ4n) is 22.4. The highest BCUT2D eigenvalue weighted by Crippen LogP contribution is 2.60. The van der Waals surface area contributed by atoms with E-state index in [4.69, 9.17) is 75.8 Å². The van der Waals surface area contributed by atoms with Crippen molar-refractivity contribution in [1.82, 2.24) is 0 Å². The third-order valence-corrected chi connectivity index (χ3v) is 29.6. The number of unbranched alkanes of at least 4 members (excludes halogenated alkanes) is 32. The fourth-order valence-corrected chi connectivity index (χ4v) is 22.4. The predicted molar refractivity (Wildman–Crippen MR) is 549 cm³/mol. The van der Waals surface area contributed by atoms with Gasteiger partial charge in [0.05, 0.1) is 0 Å². The minimum absolute atomic E-state index is 0.332. The lowest BCUT2D eigenvalue weighted by molar-refractivity contribution is -0.0123. The zero-order chi connectivity index (χ0) is 94.5. The van der Waals surface area contributed by atoms with E-state index in [1.54, 1.807) is 0 Å². The van der Waals surface area contributed by atoms with E-state index in [9.17, 15) is 0 Å². The molecule has 1 aliphatic carbocycles. The van der Waals surface area contributed by atoms with Gasteiger partial charge in [-0.1, -0.05) is 283 Å². The van der Waals surface area contributed by atoms with Gasteiger partial charge in [0.1, 0.15) is 138 Å². The summed E-state index contributed by atoms with van der Waals surface area (Å²) in [7, 11) is 0. The minimum Gasteiger partial charge on any atom is -0.457 e. The molecule has 0 amide bonds. The maximum atomic E-state index is 8.12. The molecule has 0 fully saturated rings. The smallest absolute Gasteiger partial charge is 0.267 e. The SMILES string of the molecule is CCCCCCCCCCCC1c2cc3c4cc2OC2Oc5cc6c(cc51)C(CCCCCCCCCCC)c1cc5c7cc1OC(O6)c1cc6cc(c1)Oc1cccc(c1)Oc1cc8cc(c1)C(Oc1cc(c(cc1C5CCCCCCCCCCC)C3CCCCCCCCCCC)OC(O4)c1cc(cc(c1)Oc1cccc(c1)O8)Oc1cccc(c1)Oc1cc(cc2c1)Oc1cccc(c1)O6)O7. The third-order valence-electron chi connectivity index (χ3n) is 29.6. The summed E-state index contributed by atoms with van der Waals surface area (Å²) in [5.41, 5.74) is 10.6. The summed E-state index contributed by atoms with van der Waals surface area (Å²) in [5, 5.41) is 0. The van der Waals surface area contributed by atoms with Crippen LogP contribution in [0.15, 0.2) is 218 Å². The van der Waals surface area contributed by atoms with Crippen molar-refractivity contribution in [2.45, 2.75) is 333 Å². The van der Waals surface area contributed by atoms with Crippen molar-refractivity contribution in [1.29, 1.82) is 0 Å². The minimum atomic E-state index is -1.21. The van der Waals surface area contributed by atoms with Gasteiger partial charge < -0.3 is 75.8 Å². The lowest BCUT2D eigenvalue weighted by Crippen LogP contribution is -2.26. The first-order chi connectivity index (χ1) is 69.1. The second kappa shape index (κ2) is 44.5. The molecule has 0 atom stereocenters. The molecule has 12 aromatic rings. The Bertz CT molecular complexity index is 5280. The van der Waals surface area contributed by atoms with Crippen LogP contribution in [0, 0.1) is 0 Å². The Morgan fingerprint density at radius 3 is 0.450 bits per heavy atom.